The minimum atomic E-state index is -0.391. The Bertz CT molecular complexity index is 758. The minimum Gasteiger partial charge on any atom is -0.442 e. The summed E-state index contributed by atoms with van der Waals surface area (Å²) in [5, 5.41) is 4.14. The van der Waals surface area contributed by atoms with Crippen molar-refractivity contribution in [2.24, 2.45) is 0 Å². The second-order valence-corrected chi connectivity index (χ2v) is 6.60. The Morgan fingerprint density at radius 1 is 1.22 bits per heavy atom. The van der Waals surface area contributed by atoms with E-state index in [1.54, 1.807) is 4.90 Å². The molecule has 122 valence electrons. The molecule has 1 saturated heterocycles. The normalized spacial score (nSPS) is 18.3. The van der Waals surface area contributed by atoms with Crippen molar-refractivity contribution >= 4 is 11.8 Å². The molecule has 2 aromatic rings. The van der Waals surface area contributed by atoms with Gasteiger partial charge in [-0.05, 0) is 32.9 Å². The van der Waals surface area contributed by atoms with Crippen LogP contribution in [0.2, 0.25) is 0 Å². The zero-order valence-corrected chi connectivity index (χ0v) is 13.5. The van der Waals surface area contributed by atoms with Crippen LogP contribution in [0, 0.1) is 0 Å². The third kappa shape index (κ3) is 2.99. The molecule has 0 radical (unpaired) electrons. The number of hydrogen-bond donors (Lipinski definition) is 0. The number of ether oxygens (including phenoxy) is 1. The molecule has 1 aliphatic rings. The minimum absolute atomic E-state index is 0.202. The molecular formula is C16H20N4O3. The zero-order chi connectivity index (χ0) is 16.6. The first-order valence-electron chi connectivity index (χ1n) is 7.54. The maximum atomic E-state index is 12.3. The van der Waals surface area contributed by atoms with Crippen LogP contribution in [-0.4, -0.2) is 33.1 Å². The third-order valence-electron chi connectivity index (χ3n) is 3.71. The Kier molecular flexibility index (Phi) is 3.71. The maximum Gasteiger partial charge on any atom is 0.414 e. The largest absolute Gasteiger partial charge is 0.442 e. The summed E-state index contributed by atoms with van der Waals surface area (Å²) in [6.45, 7) is 6.45. The first-order valence-corrected chi connectivity index (χ1v) is 7.54. The third-order valence-corrected chi connectivity index (χ3v) is 3.71. The predicted octanol–water partition coefficient (Wildman–Crippen LogP) is 1.83. The summed E-state index contributed by atoms with van der Waals surface area (Å²) < 4.78 is 8.29. The number of nitrogens with zero attached hydrogens (tertiary/aromatic N) is 4. The van der Waals surface area contributed by atoms with Crippen LogP contribution in [0.1, 0.15) is 20.8 Å². The molecular weight excluding hydrogens is 296 g/mol. The second-order valence-electron chi connectivity index (χ2n) is 6.60. The van der Waals surface area contributed by atoms with Gasteiger partial charge in [0.05, 0.1) is 18.6 Å². The van der Waals surface area contributed by atoms with Crippen LogP contribution in [0.25, 0.3) is 0 Å². The van der Waals surface area contributed by atoms with Gasteiger partial charge in [0.2, 0.25) is 0 Å². The van der Waals surface area contributed by atoms with E-state index in [9.17, 15) is 9.59 Å². The van der Waals surface area contributed by atoms with E-state index in [2.05, 4.69) is 5.10 Å². The standard InChI is InChI=1S/C16H20N4O3/c1-16(2,3)20-14(21)18(11-17-20)9-13-10-19(15(22)23-13)12-7-5-4-6-8-12/h4-8,11,13H,9-10H2,1-3H3/t13-/m0/s1. The molecule has 7 heteroatoms. The Morgan fingerprint density at radius 3 is 2.52 bits per heavy atom. The van der Waals surface area contributed by atoms with E-state index >= 15 is 0 Å². The summed E-state index contributed by atoms with van der Waals surface area (Å²) in [4.78, 5) is 25.9. The monoisotopic (exact) mass is 316 g/mol. The van der Waals surface area contributed by atoms with E-state index in [1.807, 2.05) is 51.1 Å². The zero-order valence-electron chi connectivity index (χ0n) is 13.5. The highest BCUT2D eigenvalue weighted by Crippen LogP contribution is 2.21. The van der Waals surface area contributed by atoms with E-state index in [4.69, 9.17) is 4.74 Å². The summed E-state index contributed by atoms with van der Waals surface area (Å²) in [5.41, 5.74) is 0.203. The Hall–Kier alpha value is -2.57. The van der Waals surface area contributed by atoms with Gasteiger partial charge in [-0.15, -0.1) is 0 Å². The van der Waals surface area contributed by atoms with Crippen LogP contribution in [0.15, 0.2) is 41.5 Å². The van der Waals surface area contributed by atoms with Gasteiger partial charge in [0, 0.05) is 5.69 Å². The first kappa shape index (κ1) is 15.3. The number of carbonyl (C=O) groups is 1. The van der Waals surface area contributed by atoms with Gasteiger partial charge in [0.1, 0.15) is 12.4 Å². The predicted molar refractivity (Wildman–Crippen MR) is 85.5 cm³/mol. The number of para-hydroxylation sites is 1. The smallest absolute Gasteiger partial charge is 0.414 e. The fourth-order valence-corrected chi connectivity index (χ4v) is 2.57. The summed E-state index contributed by atoms with van der Waals surface area (Å²) in [6, 6.07) is 9.34. The van der Waals surface area contributed by atoms with Gasteiger partial charge in [-0.1, -0.05) is 18.2 Å². The number of anilines is 1. The van der Waals surface area contributed by atoms with Crippen LogP contribution in [0.3, 0.4) is 0 Å². The van der Waals surface area contributed by atoms with Crippen molar-refractivity contribution in [2.75, 3.05) is 11.4 Å². The fraction of sp³-hybridized carbons (Fsp3) is 0.438. The Labute approximate surface area is 134 Å². The van der Waals surface area contributed by atoms with Crippen LogP contribution < -0.4 is 10.6 Å². The number of carbonyl (C=O) groups excluding carboxylic acids is 1. The molecule has 0 spiro atoms. The number of rotatable bonds is 3. The van der Waals surface area contributed by atoms with E-state index in [0.29, 0.717) is 13.1 Å². The van der Waals surface area contributed by atoms with Gasteiger partial charge in [-0.3, -0.25) is 9.47 Å². The topological polar surface area (TPSA) is 69.4 Å². The lowest BCUT2D eigenvalue weighted by molar-refractivity contribution is 0.131. The lowest BCUT2D eigenvalue weighted by atomic mass is 10.1. The molecule has 2 heterocycles. The van der Waals surface area contributed by atoms with Crippen LogP contribution in [-0.2, 0) is 16.8 Å². The molecule has 23 heavy (non-hydrogen) atoms. The van der Waals surface area contributed by atoms with Gasteiger partial charge in [-0.25, -0.2) is 14.3 Å². The second kappa shape index (κ2) is 5.57. The Balaban J connectivity index is 1.75. The van der Waals surface area contributed by atoms with Gasteiger partial charge in [0.25, 0.3) is 0 Å². The van der Waals surface area contributed by atoms with Crippen molar-refractivity contribution in [3.8, 4) is 0 Å². The summed E-state index contributed by atoms with van der Waals surface area (Å²) in [5.74, 6) is 0. The molecule has 1 aliphatic heterocycles. The molecule has 7 nitrogen and oxygen atoms in total. The van der Waals surface area contributed by atoms with E-state index in [-0.39, 0.29) is 17.3 Å². The molecule has 1 atom stereocenters. The molecule has 0 saturated carbocycles. The fourth-order valence-electron chi connectivity index (χ4n) is 2.57. The Morgan fingerprint density at radius 2 is 1.91 bits per heavy atom. The highest BCUT2D eigenvalue weighted by molar-refractivity contribution is 5.89. The van der Waals surface area contributed by atoms with Gasteiger partial charge < -0.3 is 4.74 Å². The van der Waals surface area contributed by atoms with Crippen molar-refractivity contribution < 1.29 is 9.53 Å². The summed E-state index contributed by atoms with van der Waals surface area (Å²) in [6.07, 6.45) is 0.725. The van der Waals surface area contributed by atoms with E-state index < -0.39 is 6.09 Å². The van der Waals surface area contributed by atoms with Crippen molar-refractivity contribution in [1.82, 2.24) is 14.3 Å². The molecule has 1 aromatic heterocycles. The number of benzene rings is 1. The van der Waals surface area contributed by atoms with E-state index in [1.165, 1.54) is 15.6 Å². The molecule has 1 fully saturated rings. The molecule has 1 aromatic carbocycles. The average Bonchev–Trinajstić information content (AvgIpc) is 3.04. The van der Waals surface area contributed by atoms with Gasteiger partial charge in [-0.2, -0.15) is 5.10 Å². The SMILES string of the molecule is CC(C)(C)n1ncn(C[C@H]2CN(c3ccccc3)C(=O)O2)c1=O. The quantitative estimate of drug-likeness (QED) is 0.866. The van der Waals surface area contributed by atoms with E-state index in [0.717, 1.165) is 5.69 Å². The van der Waals surface area contributed by atoms with Crippen molar-refractivity contribution in [1.29, 1.82) is 0 Å². The number of cyclic esters (lactones) is 1. The lowest BCUT2D eigenvalue weighted by Gasteiger charge is -2.17. The van der Waals surface area contributed by atoms with Crippen LogP contribution in [0.5, 0.6) is 0 Å². The van der Waals surface area contributed by atoms with Crippen LogP contribution >= 0.6 is 0 Å². The van der Waals surface area contributed by atoms with Crippen molar-refractivity contribution in [3.63, 3.8) is 0 Å². The van der Waals surface area contributed by atoms with Gasteiger partial charge in [0.15, 0.2) is 0 Å². The average molecular weight is 316 g/mol. The molecule has 0 bridgehead atoms. The summed E-state index contributed by atoms with van der Waals surface area (Å²) in [7, 11) is 0. The van der Waals surface area contributed by atoms with Crippen molar-refractivity contribution in [2.45, 2.75) is 39.0 Å². The first-order chi connectivity index (χ1) is 10.9. The molecule has 3 rings (SSSR count). The van der Waals surface area contributed by atoms with Crippen molar-refractivity contribution in [3.05, 3.63) is 47.1 Å². The van der Waals surface area contributed by atoms with Crippen LogP contribution in [0.4, 0.5) is 10.5 Å². The maximum absolute atomic E-state index is 12.3. The lowest BCUT2D eigenvalue weighted by Crippen LogP contribution is -2.37. The van der Waals surface area contributed by atoms with Gasteiger partial charge >= 0.3 is 11.8 Å². The highest BCUT2D eigenvalue weighted by atomic mass is 16.6. The summed E-state index contributed by atoms with van der Waals surface area (Å²) >= 11 is 0. The molecule has 0 aliphatic carbocycles. The molecule has 0 unspecified atom stereocenters. The molecule has 1 amide bonds. The number of hydrogen-bond acceptors (Lipinski definition) is 4. The number of amides is 1. The number of aromatic nitrogens is 3. The highest BCUT2D eigenvalue weighted by Gasteiger charge is 2.33. The molecule has 0 N–H and O–H groups in total.